The van der Waals surface area contributed by atoms with Crippen LogP contribution in [0.25, 0.3) is 11.0 Å². The molecule has 7 heteroatoms. The van der Waals surface area contributed by atoms with Gasteiger partial charge in [-0.1, -0.05) is 23.7 Å². The van der Waals surface area contributed by atoms with Crippen LogP contribution in [0.4, 0.5) is 11.6 Å². The predicted molar refractivity (Wildman–Crippen MR) is 119 cm³/mol. The maximum absolute atomic E-state index is 12.7. The molecule has 0 bridgehead atoms. The zero-order valence-corrected chi connectivity index (χ0v) is 17.5. The fraction of sp³-hybridized carbons (Fsp3) is 0.364. The van der Waals surface area contributed by atoms with Gasteiger partial charge < -0.3 is 20.1 Å². The molecule has 0 radical (unpaired) electrons. The third kappa shape index (κ3) is 4.48. The SMILES string of the molecule is CN(C)c1ccc(CNC(=O)[C@@H]2CCCN(c3nc4ccc(Cl)cc4[nH]3)C2)cc1. The minimum atomic E-state index is -0.0402. The number of carbonyl (C=O) groups excluding carboxylic acids is 1. The number of hydrogen-bond donors (Lipinski definition) is 2. The Hall–Kier alpha value is -2.73. The molecule has 0 unspecified atom stereocenters. The lowest BCUT2D eigenvalue weighted by Crippen LogP contribution is -2.43. The molecule has 1 fully saturated rings. The van der Waals surface area contributed by atoms with Gasteiger partial charge in [0.2, 0.25) is 11.9 Å². The molecule has 0 spiro atoms. The van der Waals surface area contributed by atoms with Gasteiger partial charge in [-0.25, -0.2) is 4.98 Å². The summed E-state index contributed by atoms with van der Waals surface area (Å²) in [5, 5.41) is 3.78. The summed E-state index contributed by atoms with van der Waals surface area (Å²) in [4.78, 5) is 25.0. The summed E-state index contributed by atoms with van der Waals surface area (Å²) in [6.07, 6.45) is 1.86. The fourth-order valence-corrected chi connectivity index (χ4v) is 3.92. The van der Waals surface area contributed by atoms with E-state index in [1.165, 1.54) is 0 Å². The van der Waals surface area contributed by atoms with E-state index in [4.69, 9.17) is 11.6 Å². The van der Waals surface area contributed by atoms with Crippen molar-refractivity contribution in [2.45, 2.75) is 19.4 Å². The largest absolute Gasteiger partial charge is 0.378 e. The second-order valence-electron chi connectivity index (χ2n) is 7.79. The number of H-pyrrole nitrogens is 1. The molecular weight excluding hydrogens is 386 g/mol. The van der Waals surface area contributed by atoms with Crippen LogP contribution < -0.4 is 15.1 Å². The number of benzene rings is 2. The summed E-state index contributed by atoms with van der Waals surface area (Å²) in [6, 6.07) is 13.9. The van der Waals surface area contributed by atoms with Gasteiger partial charge >= 0.3 is 0 Å². The Labute approximate surface area is 175 Å². The summed E-state index contributed by atoms with van der Waals surface area (Å²) < 4.78 is 0. The Morgan fingerprint density at radius 2 is 2.07 bits per heavy atom. The van der Waals surface area contributed by atoms with Crippen LogP contribution in [0, 0.1) is 5.92 Å². The Bertz CT molecular complexity index is 998. The zero-order chi connectivity index (χ0) is 20.4. The lowest BCUT2D eigenvalue weighted by atomic mass is 9.97. The van der Waals surface area contributed by atoms with Gasteiger partial charge in [0.1, 0.15) is 0 Å². The Balaban J connectivity index is 1.37. The van der Waals surface area contributed by atoms with Crippen molar-refractivity contribution in [2.75, 3.05) is 37.0 Å². The molecule has 2 aromatic carbocycles. The molecule has 1 atom stereocenters. The van der Waals surface area contributed by atoms with E-state index >= 15 is 0 Å². The van der Waals surface area contributed by atoms with Crippen molar-refractivity contribution in [1.82, 2.24) is 15.3 Å². The third-order valence-electron chi connectivity index (χ3n) is 5.44. The van der Waals surface area contributed by atoms with Crippen LogP contribution >= 0.6 is 11.6 Å². The summed E-state index contributed by atoms with van der Waals surface area (Å²) in [7, 11) is 4.03. The number of halogens is 1. The van der Waals surface area contributed by atoms with E-state index in [-0.39, 0.29) is 11.8 Å². The van der Waals surface area contributed by atoms with Crippen LogP contribution in [0.1, 0.15) is 18.4 Å². The normalized spacial score (nSPS) is 16.8. The topological polar surface area (TPSA) is 64.3 Å². The summed E-state index contributed by atoms with van der Waals surface area (Å²) in [6.45, 7) is 2.11. The molecule has 1 aromatic heterocycles. The van der Waals surface area contributed by atoms with E-state index in [9.17, 15) is 4.79 Å². The minimum absolute atomic E-state index is 0.0402. The number of aromatic amines is 1. The number of fused-ring (bicyclic) bond motifs is 1. The monoisotopic (exact) mass is 411 g/mol. The maximum Gasteiger partial charge on any atom is 0.225 e. The van der Waals surface area contributed by atoms with E-state index in [0.29, 0.717) is 18.1 Å². The number of piperidine rings is 1. The standard InChI is InChI=1S/C22H26ClN5O/c1-27(2)18-8-5-15(6-9-18)13-24-21(29)16-4-3-11-28(14-16)22-25-19-10-7-17(23)12-20(19)26-22/h5-10,12,16H,3-4,11,13-14H2,1-2H3,(H,24,29)(H,25,26)/t16-/m1/s1. The van der Waals surface area contributed by atoms with Crippen LogP contribution in [-0.2, 0) is 11.3 Å². The predicted octanol–water partition coefficient (Wildman–Crippen LogP) is 3.82. The molecule has 1 aliphatic rings. The Morgan fingerprint density at radius 1 is 1.28 bits per heavy atom. The second kappa shape index (κ2) is 8.33. The van der Waals surface area contributed by atoms with E-state index < -0.39 is 0 Å². The minimum Gasteiger partial charge on any atom is -0.378 e. The average molecular weight is 412 g/mol. The molecule has 4 rings (SSSR count). The first-order valence-electron chi connectivity index (χ1n) is 9.94. The first-order chi connectivity index (χ1) is 14.0. The molecular formula is C22H26ClN5O. The van der Waals surface area contributed by atoms with Crippen molar-refractivity contribution in [3.63, 3.8) is 0 Å². The number of nitrogens with zero attached hydrogens (tertiary/aromatic N) is 3. The van der Waals surface area contributed by atoms with E-state index in [1.807, 2.05) is 32.3 Å². The molecule has 1 amide bonds. The van der Waals surface area contributed by atoms with Crippen molar-refractivity contribution in [2.24, 2.45) is 5.92 Å². The highest BCUT2D eigenvalue weighted by Gasteiger charge is 2.27. The molecule has 29 heavy (non-hydrogen) atoms. The van der Waals surface area contributed by atoms with E-state index in [0.717, 1.165) is 47.6 Å². The molecule has 0 aliphatic carbocycles. The van der Waals surface area contributed by atoms with Gasteiger partial charge in [0.15, 0.2) is 0 Å². The van der Waals surface area contributed by atoms with Crippen LogP contribution in [0.15, 0.2) is 42.5 Å². The van der Waals surface area contributed by atoms with Gasteiger partial charge in [0.25, 0.3) is 0 Å². The fourth-order valence-electron chi connectivity index (χ4n) is 3.75. The highest BCUT2D eigenvalue weighted by Crippen LogP contribution is 2.25. The van der Waals surface area contributed by atoms with E-state index in [1.54, 1.807) is 0 Å². The van der Waals surface area contributed by atoms with Crippen LogP contribution in [-0.4, -0.2) is 43.1 Å². The molecule has 152 valence electrons. The zero-order valence-electron chi connectivity index (χ0n) is 16.8. The number of rotatable bonds is 5. The van der Waals surface area contributed by atoms with Crippen LogP contribution in [0.3, 0.4) is 0 Å². The first kappa shape index (κ1) is 19.6. The number of amides is 1. The van der Waals surface area contributed by atoms with Gasteiger partial charge in [-0.15, -0.1) is 0 Å². The number of aromatic nitrogens is 2. The molecule has 0 saturated carbocycles. The smallest absolute Gasteiger partial charge is 0.225 e. The van der Waals surface area contributed by atoms with Gasteiger partial charge in [0, 0.05) is 44.4 Å². The van der Waals surface area contributed by atoms with Crippen molar-refractivity contribution < 1.29 is 4.79 Å². The van der Waals surface area contributed by atoms with Crippen molar-refractivity contribution in [1.29, 1.82) is 0 Å². The molecule has 3 aromatic rings. The van der Waals surface area contributed by atoms with Gasteiger partial charge in [-0.05, 0) is 48.7 Å². The molecule has 6 nitrogen and oxygen atoms in total. The van der Waals surface area contributed by atoms with Gasteiger partial charge in [-0.3, -0.25) is 4.79 Å². The number of nitrogens with one attached hydrogen (secondary N) is 2. The number of carbonyl (C=O) groups is 1. The summed E-state index contributed by atoms with van der Waals surface area (Å²) in [5.74, 6) is 0.867. The lowest BCUT2D eigenvalue weighted by Gasteiger charge is -2.31. The van der Waals surface area contributed by atoms with Gasteiger partial charge in [-0.2, -0.15) is 0 Å². The van der Waals surface area contributed by atoms with Gasteiger partial charge in [0.05, 0.1) is 17.0 Å². The number of imidazole rings is 1. The quantitative estimate of drug-likeness (QED) is 0.670. The lowest BCUT2D eigenvalue weighted by molar-refractivity contribution is -0.125. The molecule has 1 aliphatic heterocycles. The first-order valence-corrected chi connectivity index (χ1v) is 10.3. The Morgan fingerprint density at radius 3 is 2.83 bits per heavy atom. The summed E-state index contributed by atoms with van der Waals surface area (Å²) in [5.41, 5.74) is 4.05. The molecule has 2 heterocycles. The average Bonchev–Trinajstić information content (AvgIpc) is 3.15. The molecule has 1 saturated heterocycles. The third-order valence-corrected chi connectivity index (χ3v) is 5.68. The highest BCUT2D eigenvalue weighted by molar-refractivity contribution is 6.31. The number of hydrogen-bond acceptors (Lipinski definition) is 4. The maximum atomic E-state index is 12.7. The molecule has 2 N–H and O–H groups in total. The van der Waals surface area contributed by atoms with Crippen molar-refractivity contribution in [3.8, 4) is 0 Å². The highest BCUT2D eigenvalue weighted by atomic mass is 35.5. The summed E-state index contributed by atoms with van der Waals surface area (Å²) >= 11 is 6.07. The van der Waals surface area contributed by atoms with Crippen LogP contribution in [0.5, 0.6) is 0 Å². The van der Waals surface area contributed by atoms with Crippen LogP contribution in [0.2, 0.25) is 5.02 Å². The Kier molecular flexibility index (Phi) is 5.62. The van der Waals surface area contributed by atoms with Crippen molar-refractivity contribution >= 4 is 40.2 Å². The number of anilines is 2. The van der Waals surface area contributed by atoms with Crippen molar-refractivity contribution in [3.05, 3.63) is 53.1 Å². The van der Waals surface area contributed by atoms with E-state index in [2.05, 4.69) is 49.4 Å². The second-order valence-corrected chi connectivity index (χ2v) is 8.22.